The fraction of sp³-hybridized carbons (Fsp3) is 0.700. The van der Waals surface area contributed by atoms with E-state index in [1.807, 2.05) is 0 Å². The van der Waals surface area contributed by atoms with Crippen LogP contribution in [0.4, 0.5) is 0 Å². The van der Waals surface area contributed by atoms with E-state index in [0.717, 1.165) is 12.3 Å². The third-order valence-electron chi connectivity index (χ3n) is 4.91. The molecule has 1 aliphatic carbocycles. The van der Waals surface area contributed by atoms with Crippen molar-refractivity contribution in [2.45, 2.75) is 63.3 Å². The first-order valence-corrected chi connectivity index (χ1v) is 12.7. The number of likely N-dealkylation sites (N-methyl/N-ethyl adjacent to an activating group) is 1. The molecule has 2 rings (SSSR count). The Morgan fingerprint density at radius 3 is 2.08 bits per heavy atom. The maximum Gasteiger partial charge on any atom is 0.184 e. The summed E-state index contributed by atoms with van der Waals surface area (Å²) in [6.07, 6.45) is 6.27. The molecule has 1 saturated carbocycles. The van der Waals surface area contributed by atoms with Crippen molar-refractivity contribution in [3.63, 3.8) is 0 Å². The van der Waals surface area contributed by atoms with Crippen molar-refractivity contribution in [2.75, 3.05) is 27.7 Å². The molecule has 1 fully saturated rings. The van der Waals surface area contributed by atoms with Crippen LogP contribution in [0.25, 0.3) is 0 Å². The highest BCUT2D eigenvalue weighted by atomic mass is 28.4. The molecule has 1 aromatic rings. The molecule has 24 heavy (non-hydrogen) atoms. The van der Waals surface area contributed by atoms with E-state index in [2.05, 4.69) is 62.9 Å². The topological polar surface area (TPSA) is 21.7 Å². The van der Waals surface area contributed by atoms with E-state index in [0.29, 0.717) is 5.92 Å². The monoisotopic (exact) mass is 349 g/mol. The van der Waals surface area contributed by atoms with Crippen LogP contribution in [0.1, 0.15) is 43.6 Å². The van der Waals surface area contributed by atoms with E-state index in [1.54, 1.807) is 7.11 Å². The normalized spacial score (nSPS) is 19.3. The molecule has 1 aromatic carbocycles. The zero-order valence-electron chi connectivity index (χ0n) is 16.4. The van der Waals surface area contributed by atoms with Gasteiger partial charge < -0.3 is 14.1 Å². The largest absolute Gasteiger partial charge is 0.497 e. The number of hydrogen-bond acceptors (Lipinski definition) is 3. The van der Waals surface area contributed by atoms with E-state index in [9.17, 15) is 0 Å². The van der Waals surface area contributed by atoms with E-state index < -0.39 is 8.32 Å². The number of rotatable bonds is 7. The van der Waals surface area contributed by atoms with Crippen LogP contribution >= 0.6 is 0 Å². The van der Waals surface area contributed by atoms with Crippen LogP contribution in [0.3, 0.4) is 0 Å². The van der Waals surface area contributed by atoms with Gasteiger partial charge in [-0.15, -0.1) is 0 Å². The lowest BCUT2D eigenvalue weighted by atomic mass is 9.72. The highest BCUT2D eigenvalue weighted by molar-refractivity contribution is 6.69. The van der Waals surface area contributed by atoms with Crippen LogP contribution in [0.5, 0.6) is 5.75 Å². The van der Waals surface area contributed by atoms with Gasteiger partial charge in [-0.05, 0) is 64.3 Å². The van der Waals surface area contributed by atoms with Gasteiger partial charge in [-0.3, -0.25) is 0 Å². The van der Waals surface area contributed by atoms with Gasteiger partial charge in [-0.1, -0.05) is 31.4 Å². The van der Waals surface area contributed by atoms with Crippen molar-refractivity contribution in [3.05, 3.63) is 29.8 Å². The summed E-state index contributed by atoms with van der Waals surface area (Å²) in [5.74, 6) is 1.33. The first-order valence-electron chi connectivity index (χ1n) is 9.25. The lowest BCUT2D eigenvalue weighted by Crippen LogP contribution is -2.50. The van der Waals surface area contributed by atoms with Crippen LogP contribution < -0.4 is 4.74 Å². The molecule has 0 bridgehead atoms. The summed E-state index contributed by atoms with van der Waals surface area (Å²) in [5.41, 5.74) is 1.37. The Bertz CT molecular complexity index is 501. The van der Waals surface area contributed by atoms with Gasteiger partial charge in [0.05, 0.1) is 12.7 Å². The molecule has 0 N–H and O–H groups in total. The highest BCUT2D eigenvalue weighted by Crippen LogP contribution is 2.45. The lowest BCUT2D eigenvalue weighted by molar-refractivity contribution is -0.0106. The fourth-order valence-corrected chi connectivity index (χ4v) is 5.62. The molecule has 0 aliphatic heterocycles. The average molecular weight is 350 g/mol. The zero-order valence-corrected chi connectivity index (χ0v) is 17.4. The maximum absolute atomic E-state index is 6.92. The van der Waals surface area contributed by atoms with Gasteiger partial charge in [0.25, 0.3) is 0 Å². The van der Waals surface area contributed by atoms with Crippen molar-refractivity contribution in [2.24, 2.45) is 0 Å². The highest BCUT2D eigenvalue weighted by Gasteiger charge is 2.44. The molecule has 136 valence electrons. The van der Waals surface area contributed by atoms with E-state index in [4.69, 9.17) is 9.16 Å². The summed E-state index contributed by atoms with van der Waals surface area (Å²) < 4.78 is 12.3. The molecular weight excluding hydrogens is 314 g/mol. The molecule has 1 atom stereocenters. The number of nitrogens with zero attached hydrogens (tertiary/aromatic N) is 1. The SMILES string of the molecule is COc1ccc(C(CN(C)C)C2(O[Si](C)(C)C)CCCCC2)cc1. The summed E-state index contributed by atoms with van der Waals surface area (Å²) in [6.45, 7) is 8.00. The molecule has 0 radical (unpaired) electrons. The molecule has 3 nitrogen and oxygen atoms in total. The van der Waals surface area contributed by atoms with Gasteiger partial charge in [0, 0.05) is 12.5 Å². The molecule has 0 heterocycles. The quantitative estimate of drug-likeness (QED) is 0.654. The maximum atomic E-state index is 6.92. The van der Waals surface area contributed by atoms with Crippen LogP contribution in [0.2, 0.25) is 19.6 Å². The molecule has 0 saturated heterocycles. The second-order valence-electron chi connectivity index (χ2n) is 8.43. The van der Waals surface area contributed by atoms with Crippen molar-refractivity contribution in [1.82, 2.24) is 4.90 Å². The van der Waals surface area contributed by atoms with E-state index in [1.165, 1.54) is 37.7 Å². The zero-order chi connectivity index (χ0) is 17.8. The third-order valence-corrected chi connectivity index (χ3v) is 5.93. The molecule has 0 amide bonds. The summed E-state index contributed by atoms with van der Waals surface area (Å²) in [6, 6.07) is 8.64. The summed E-state index contributed by atoms with van der Waals surface area (Å²) in [5, 5.41) is 0. The number of methoxy groups -OCH3 is 1. The Kier molecular flexibility index (Phi) is 6.51. The molecule has 0 spiro atoms. The van der Waals surface area contributed by atoms with Crippen molar-refractivity contribution in [1.29, 1.82) is 0 Å². The van der Waals surface area contributed by atoms with Gasteiger partial charge in [0.1, 0.15) is 5.75 Å². The van der Waals surface area contributed by atoms with Crippen molar-refractivity contribution < 1.29 is 9.16 Å². The average Bonchev–Trinajstić information content (AvgIpc) is 2.52. The third kappa shape index (κ3) is 5.07. The summed E-state index contributed by atoms with van der Waals surface area (Å²) in [7, 11) is 4.44. The van der Waals surface area contributed by atoms with Crippen molar-refractivity contribution in [3.8, 4) is 5.75 Å². The minimum Gasteiger partial charge on any atom is -0.497 e. The number of benzene rings is 1. The minimum atomic E-state index is -1.62. The first kappa shape index (κ1) is 19.5. The summed E-state index contributed by atoms with van der Waals surface area (Å²) >= 11 is 0. The molecule has 1 aliphatic rings. The predicted octanol–water partition coefficient (Wildman–Crippen LogP) is 4.89. The van der Waals surface area contributed by atoms with Gasteiger partial charge in [0.15, 0.2) is 8.32 Å². The Hall–Kier alpha value is -0.843. The molecule has 1 unspecified atom stereocenters. The van der Waals surface area contributed by atoms with E-state index >= 15 is 0 Å². The van der Waals surface area contributed by atoms with Gasteiger partial charge >= 0.3 is 0 Å². The lowest BCUT2D eigenvalue weighted by Gasteiger charge is -2.48. The molecule has 4 heteroatoms. The second-order valence-corrected chi connectivity index (χ2v) is 12.9. The fourth-order valence-electron chi connectivity index (χ4n) is 4.06. The molecule has 0 aromatic heterocycles. The van der Waals surface area contributed by atoms with Crippen molar-refractivity contribution >= 4 is 8.32 Å². The Balaban J connectivity index is 2.40. The Labute approximate surface area is 149 Å². The number of hydrogen-bond donors (Lipinski definition) is 0. The van der Waals surface area contributed by atoms with Crippen LogP contribution in [0, 0.1) is 0 Å². The van der Waals surface area contributed by atoms with Crippen LogP contribution in [0.15, 0.2) is 24.3 Å². The second kappa shape index (κ2) is 8.02. The predicted molar refractivity (Wildman–Crippen MR) is 105 cm³/mol. The smallest absolute Gasteiger partial charge is 0.184 e. The number of ether oxygens (including phenoxy) is 1. The van der Waals surface area contributed by atoms with Crippen LogP contribution in [-0.4, -0.2) is 46.6 Å². The van der Waals surface area contributed by atoms with Crippen LogP contribution in [-0.2, 0) is 4.43 Å². The van der Waals surface area contributed by atoms with Gasteiger partial charge in [0.2, 0.25) is 0 Å². The summed E-state index contributed by atoms with van der Waals surface area (Å²) in [4.78, 5) is 2.30. The standard InChI is InChI=1S/C20H35NO2Si/c1-21(2)16-19(17-10-12-18(22-3)13-11-17)20(23-24(4,5)6)14-8-7-9-15-20/h10-13,19H,7-9,14-16H2,1-6H3. The Morgan fingerprint density at radius 2 is 1.62 bits per heavy atom. The van der Waals surface area contributed by atoms with Gasteiger partial charge in [-0.2, -0.15) is 0 Å². The molecular formula is C20H35NO2Si. The Morgan fingerprint density at radius 1 is 1.04 bits per heavy atom. The minimum absolute atomic E-state index is 0.0123. The van der Waals surface area contributed by atoms with Gasteiger partial charge in [-0.25, -0.2) is 0 Å². The van der Waals surface area contributed by atoms with E-state index in [-0.39, 0.29) is 5.60 Å². The first-order chi connectivity index (χ1) is 11.3.